The van der Waals surface area contributed by atoms with Gasteiger partial charge in [0.25, 0.3) is 0 Å². The van der Waals surface area contributed by atoms with E-state index in [1.807, 2.05) is 0 Å². The molecule has 2 N–H and O–H groups in total. The molecule has 0 fully saturated rings. The highest BCUT2D eigenvalue weighted by molar-refractivity contribution is 5.84. The third-order valence-electron chi connectivity index (χ3n) is 1.87. The van der Waals surface area contributed by atoms with Crippen LogP contribution in [-0.4, -0.2) is 32.8 Å². The topological polar surface area (TPSA) is 84.2 Å². The van der Waals surface area contributed by atoms with Gasteiger partial charge in [-0.2, -0.15) is 5.10 Å². The van der Waals surface area contributed by atoms with Gasteiger partial charge in [0, 0.05) is 13.2 Å². The van der Waals surface area contributed by atoms with Crippen LogP contribution in [0.5, 0.6) is 0 Å². The lowest BCUT2D eigenvalue weighted by molar-refractivity contribution is -0.141. The largest absolute Gasteiger partial charge is 0.480 e. The van der Waals surface area contributed by atoms with Gasteiger partial charge in [-0.3, -0.25) is 14.3 Å². The van der Waals surface area contributed by atoms with Gasteiger partial charge in [0.2, 0.25) is 5.91 Å². The molecule has 1 aromatic heterocycles. The summed E-state index contributed by atoms with van der Waals surface area (Å²) in [6, 6.07) is -0.867. The molecule has 0 spiro atoms. The van der Waals surface area contributed by atoms with E-state index in [2.05, 4.69) is 10.4 Å². The predicted molar refractivity (Wildman–Crippen MR) is 52.2 cm³/mol. The minimum Gasteiger partial charge on any atom is -0.480 e. The van der Waals surface area contributed by atoms with Gasteiger partial charge in [0.05, 0.1) is 12.6 Å². The molecular formula is C9H13N3O3. The third kappa shape index (κ3) is 3.41. The summed E-state index contributed by atoms with van der Waals surface area (Å²) in [6.07, 6.45) is 3.43. The molecule has 15 heavy (non-hydrogen) atoms. The quantitative estimate of drug-likeness (QED) is 0.706. The number of amides is 1. The molecule has 1 amide bonds. The van der Waals surface area contributed by atoms with Gasteiger partial charge in [-0.1, -0.05) is 0 Å². The second-order valence-corrected chi connectivity index (χ2v) is 3.33. The zero-order valence-electron chi connectivity index (χ0n) is 8.60. The van der Waals surface area contributed by atoms with Crippen LogP contribution in [0, 0.1) is 0 Å². The van der Waals surface area contributed by atoms with Crippen molar-refractivity contribution < 1.29 is 14.7 Å². The molecule has 0 saturated heterocycles. The van der Waals surface area contributed by atoms with Gasteiger partial charge in [-0.05, 0) is 12.5 Å². The van der Waals surface area contributed by atoms with Gasteiger partial charge < -0.3 is 10.4 Å². The third-order valence-corrected chi connectivity index (χ3v) is 1.87. The van der Waals surface area contributed by atoms with Crippen molar-refractivity contribution in [3.8, 4) is 0 Å². The summed E-state index contributed by atoms with van der Waals surface area (Å²) in [6.45, 7) is 1.42. The fraction of sp³-hybridized carbons (Fsp3) is 0.444. The van der Waals surface area contributed by atoms with Crippen LogP contribution >= 0.6 is 0 Å². The lowest BCUT2D eigenvalue weighted by Crippen LogP contribution is -2.39. The Bertz CT molecular complexity index is 372. The molecule has 0 radical (unpaired) electrons. The average molecular weight is 211 g/mol. The van der Waals surface area contributed by atoms with Crippen LogP contribution in [-0.2, 0) is 23.1 Å². The highest BCUT2D eigenvalue weighted by Gasteiger charge is 2.14. The molecule has 0 aliphatic heterocycles. The van der Waals surface area contributed by atoms with E-state index >= 15 is 0 Å². The summed E-state index contributed by atoms with van der Waals surface area (Å²) < 4.78 is 1.59. The average Bonchev–Trinajstić information content (AvgIpc) is 2.50. The summed E-state index contributed by atoms with van der Waals surface area (Å²) in [7, 11) is 1.75. The number of hydrogen-bond donors (Lipinski definition) is 2. The van der Waals surface area contributed by atoms with E-state index in [-0.39, 0.29) is 12.3 Å². The number of aromatic nitrogens is 2. The lowest BCUT2D eigenvalue weighted by Gasteiger charge is -2.07. The Morgan fingerprint density at radius 2 is 2.33 bits per heavy atom. The number of carbonyl (C=O) groups is 2. The lowest BCUT2D eigenvalue weighted by atomic mass is 10.2. The fourth-order valence-electron chi connectivity index (χ4n) is 1.10. The SMILES string of the molecule is C[C@H](NC(=O)Cc1cnn(C)c1)C(=O)O. The van der Waals surface area contributed by atoms with Crippen molar-refractivity contribution in [1.29, 1.82) is 0 Å². The van der Waals surface area contributed by atoms with E-state index < -0.39 is 12.0 Å². The summed E-state index contributed by atoms with van der Waals surface area (Å²) >= 11 is 0. The van der Waals surface area contributed by atoms with E-state index in [0.717, 1.165) is 5.56 Å². The molecule has 0 unspecified atom stereocenters. The molecule has 0 aliphatic rings. The molecule has 1 aromatic rings. The van der Waals surface area contributed by atoms with Gasteiger partial charge in [-0.25, -0.2) is 0 Å². The minimum absolute atomic E-state index is 0.144. The Morgan fingerprint density at radius 3 is 2.80 bits per heavy atom. The summed E-state index contributed by atoms with van der Waals surface area (Å²) in [5.41, 5.74) is 0.757. The fourth-order valence-corrected chi connectivity index (χ4v) is 1.10. The number of nitrogens with zero attached hydrogens (tertiary/aromatic N) is 2. The molecule has 0 bridgehead atoms. The summed E-state index contributed by atoms with van der Waals surface area (Å²) in [5, 5.41) is 14.8. The second kappa shape index (κ2) is 4.59. The number of aliphatic carboxylic acids is 1. The molecule has 0 aromatic carbocycles. The van der Waals surface area contributed by atoms with Crippen molar-refractivity contribution in [3.63, 3.8) is 0 Å². The Balaban J connectivity index is 2.46. The first-order valence-electron chi connectivity index (χ1n) is 4.48. The molecule has 0 saturated carbocycles. The normalized spacial score (nSPS) is 12.1. The smallest absolute Gasteiger partial charge is 0.325 e. The van der Waals surface area contributed by atoms with Crippen molar-refractivity contribution in [1.82, 2.24) is 15.1 Å². The first-order valence-corrected chi connectivity index (χ1v) is 4.48. The van der Waals surface area contributed by atoms with Crippen molar-refractivity contribution in [2.45, 2.75) is 19.4 Å². The molecule has 6 nitrogen and oxygen atoms in total. The maximum Gasteiger partial charge on any atom is 0.325 e. The first kappa shape index (κ1) is 11.2. The summed E-state index contributed by atoms with van der Waals surface area (Å²) in [4.78, 5) is 21.8. The van der Waals surface area contributed by atoms with Crippen molar-refractivity contribution in [2.75, 3.05) is 0 Å². The second-order valence-electron chi connectivity index (χ2n) is 3.33. The first-order chi connectivity index (χ1) is 6.99. The minimum atomic E-state index is -1.05. The highest BCUT2D eigenvalue weighted by atomic mass is 16.4. The molecule has 6 heteroatoms. The van der Waals surface area contributed by atoms with E-state index in [1.165, 1.54) is 6.92 Å². The number of carbonyl (C=O) groups excluding carboxylic acids is 1. The number of hydrogen-bond acceptors (Lipinski definition) is 3. The number of carboxylic acids is 1. The Morgan fingerprint density at radius 1 is 1.67 bits per heavy atom. The predicted octanol–water partition coefficient (Wildman–Crippen LogP) is -0.448. The van der Waals surface area contributed by atoms with Gasteiger partial charge in [-0.15, -0.1) is 0 Å². The van der Waals surface area contributed by atoms with Crippen LogP contribution in [0.3, 0.4) is 0 Å². The zero-order chi connectivity index (χ0) is 11.4. The van der Waals surface area contributed by atoms with Crippen LogP contribution in [0.2, 0.25) is 0 Å². The number of rotatable bonds is 4. The van der Waals surface area contributed by atoms with Crippen LogP contribution in [0.25, 0.3) is 0 Å². The van der Waals surface area contributed by atoms with Crippen molar-refractivity contribution in [3.05, 3.63) is 18.0 Å². The van der Waals surface area contributed by atoms with E-state index in [1.54, 1.807) is 24.1 Å². The van der Waals surface area contributed by atoms with E-state index in [9.17, 15) is 9.59 Å². The van der Waals surface area contributed by atoms with Gasteiger partial charge in [0.1, 0.15) is 6.04 Å². The zero-order valence-corrected chi connectivity index (χ0v) is 8.60. The van der Waals surface area contributed by atoms with Crippen molar-refractivity contribution in [2.24, 2.45) is 7.05 Å². The molecule has 1 heterocycles. The number of nitrogens with one attached hydrogen (secondary N) is 1. The van der Waals surface area contributed by atoms with Gasteiger partial charge in [0.15, 0.2) is 0 Å². The summed E-state index contributed by atoms with van der Waals surface area (Å²) in [5.74, 6) is -1.37. The van der Waals surface area contributed by atoms with Crippen molar-refractivity contribution >= 4 is 11.9 Å². The monoisotopic (exact) mass is 211 g/mol. The van der Waals surface area contributed by atoms with Gasteiger partial charge >= 0.3 is 5.97 Å². The van der Waals surface area contributed by atoms with Crippen LogP contribution in [0.15, 0.2) is 12.4 Å². The Kier molecular flexibility index (Phi) is 3.43. The standard InChI is InChI=1S/C9H13N3O3/c1-6(9(14)15)11-8(13)3-7-4-10-12(2)5-7/h4-6H,3H2,1-2H3,(H,11,13)(H,14,15)/t6-/m0/s1. The van der Waals surface area contributed by atoms with E-state index in [4.69, 9.17) is 5.11 Å². The molecule has 82 valence electrons. The molecular weight excluding hydrogens is 198 g/mol. The maximum atomic E-state index is 11.3. The number of aryl methyl sites for hydroxylation is 1. The van der Waals surface area contributed by atoms with E-state index in [0.29, 0.717) is 0 Å². The molecule has 1 atom stereocenters. The Hall–Kier alpha value is -1.85. The molecule has 0 aliphatic carbocycles. The number of carboxylic acid groups (broad SMARTS) is 1. The molecule has 1 rings (SSSR count). The maximum absolute atomic E-state index is 11.3. The van der Waals surface area contributed by atoms with Crippen LogP contribution in [0.1, 0.15) is 12.5 Å². The van der Waals surface area contributed by atoms with Crippen LogP contribution < -0.4 is 5.32 Å². The van der Waals surface area contributed by atoms with Crippen LogP contribution in [0.4, 0.5) is 0 Å². The Labute approximate surface area is 86.9 Å². The highest BCUT2D eigenvalue weighted by Crippen LogP contribution is 1.97.